The molecule has 0 unspecified atom stereocenters. The van der Waals surface area contributed by atoms with Crippen LogP contribution in [0.25, 0.3) is 0 Å². The topological polar surface area (TPSA) is 52.6 Å². The van der Waals surface area contributed by atoms with Gasteiger partial charge in [0.2, 0.25) is 0 Å². The van der Waals surface area contributed by atoms with Gasteiger partial charge in [-0.05, 0) is 72.5 Å². The molecular formula is C30H46O4. The highest BCUT2D eigenvalue weighted by Crippen LogP contribution is 2.66. The Kier molecular flexibility index (Phi) is 6.62. The maximum Gasteiger partial charge on any atom is 0.302 e. The number of hydrogen-bond donors (Lipinski definition) is 0. The number of hydrogen-bond acceptors (Lipinski definition) is 4. The summed E-state index contributed by atoms with van der Waals surface area (Å²) in [5.41, 5.74) is 3.38. The molecule has 0 spiro atoms. The molecule has 0 saturated heterocycles. The molecule has 0 amide bonds. The highest BCUT2D eigenvalue weighted by atomic mass is 16.5. The zero-order valence-electron chi connectivity index (χ0n) is 22.7. The number of fused-ring (bicyclic) bond motifs is 5. The van der Waals surface area contributed by atoms with Gasteiger partial charge >= 0.3 is 11.9 Å². The molecule has 0 heterocycles. The molecule has 2 saturated carbocycles. The Bertz CT molecular complexity index is 892. The van der Waals surface area contributed by atoms with Crippen LogP contribution in [0.3, 0.4) is 0 Å². The summed E-state index contributed by atoms with van der Waals surface area (Å²) in [5, 5.41) is 0. The van der Waals surface area contributed by atoms with Gasteiger partial charge in [-0.1, -0.05) is 64.8 Å². The van der Waals surface area contributed by atoms with Crippen LogP contribution in [0, 0.1) is 39.9 Å². The molecule has 2 fully saturated rings. The first-order valence-electron chi connectivity index (χ1n) is 13.5. The Hall–Kier alpha value is -1.58. The molecule has 4 aliphatic rings. The quantitative estimate of drug-likeness (QED) is 0.327. The van der Waals surface area contributed by atoms with Crippen LogP contribution in [0.5, 0.6) is 0 Å². The lowest BCUT2D eigenvalue weighted by atomic mass is 9.47. The second kappa shape index (κ2) is 8.82. The molecular weight excluding hydrogens is 424 g/mol. The van der Waals surface area contributed by atoms with E-state index in [2.05, 4.69) is 53.7 Å². The van der Waals surface area contributed by atoms with Gasteiger partial charge in [0.15, 0.2) is 0 Å². The third-order valence-corrected chi connectivity index (χ3v) is 10.1. The molecule has 0 bridgehead atoms. The van der Waals surface area contributed by atoms with E-state index >= 15 is 0 Å². The molecule has 0 radical (unpaired) electrons. The standard InChI is InChI=1S/C30H46O4/c1-18(27(28(4,5)6)34-20(3)32)24-11-12-25-23-10-9-21-17-22(33-19(2)31)13-15-29(21,7)26(23)14-16-30(24,25)8/h9,11,18,22-23,25-27H,10,12-17H2,1-8H3/t18-,22-,23-,25-,26-,27-,29-,30+/m0/s1. The van der Waals surface area contributed by atoms with Crippen molar-refractivity contribution in [1.82, 2.24) is 0 Å². The normalized spacial score (nSPS) is 38.9. The molecule has 4 aliphatic carbocycles. The molecule has 0 aromatic heterocycles. The summed E-state index contributed by atoms with van der Waals surface area (Å²) in [6.07, 6.45) is 12.7. The second-order valence-electron chi connectivity index (χ2n) is 13.3. The lowest BCUT2D eigenvalue weighted by Gasteiger charge is -2.58. The zero-order chi connectivity index (χ0) is 25.1. The van der Waals surface area contributed by atoms with Crippen molar-refractivity contribution in [1.29, 1.82) is 0 Å². The predicted octanol–water partition coefficient (Wildman–Crippen LogP) is 7.03. The van der Waals surface area contributed by atoms with E-state index in [1.165, 1.54) is 37.8 Å². The number of ether oxygens (including phenoxy) is 2. The van der Waals surface area contributed by atoms with E-state index in [1.54, 1.807) is 0 Å². The van der Waals surface area contributed by atoms with E-state index in [-0.39, 0.29) is 46.3 Å². The number of carbonyl (C=O) groups excluding carboxylic acids is 2. The third kappa shape index (κ3) is 4.28. The van der Waals surface area contributed by atoms with Gasteiger partial charge in [-0.15, -0.1) is 0 Å². The van der Waals surface area contributed by atoms with Crippen molar-refractivity contribution in [3.05, 3.63) is 23.3 Å². The monoisotopic (exact) mass is 470 g/mol. The van der Waals surface area contributed by atoms with Crippen LogP contribution in [-0.4, -0.2) is 24.1 Å². The Balaban J connectivity index is 1.56. The molecule has 4 heteroatoms. The molecule has 0 N–H and O–H groups in total. The van der Waals surface area contributed by atoms with E-state index in [9.17, 15) is 9.59 Å². The number of esters is 2. The third-order valence-electron chi connectivity index (χ3n) is 10.1. The van der Waals surface area contributed by atoms with Crippen molar-refractivity contribution >= 4 is 11.9 Å². The van der Waals surface area contributed by atoms with Crippen molar-refractivity contribution in [3.8, 4) is 0 Å². The van der Waals surface area contributed by atoms with Crippen LogP contribution in [0.1, 0.15) is 100 Å². The summed E-state index contributed by atoms with van der Waals surface area (Å²) in [4.78, 5) is 23.5. The molecule has 34 heavy (non-hydrogen) atoms. The van der Waals surface area contributed by atoms with E-state index in [4.69, 9.17) is 9.47 Å². The highest BCUT2D eigenvalue weighted by Gasteiger charge is 2.58. The van der Waals surface area contributed by atoms with Crippen molar-refractivity contribution in [2.45, 2.75) is 113 Å². The SMILES string of the molecule is CC(=O)O[C@H]1CC[C@@]2(C)C(=CC[C@@H]3[C@@H]2CC[C@]2(C)C([C@H](C)[C@H](OC(C)=O)C(C)(C)C)=CC[C@@H]32)C1. The molecule has 0 aliphatic heterocycles. The minimum Gasteiger partial charge on any atom is -0.462 e. The van der Waals surface area contributed by atoms with Crippen molar-refractivity contribution < 1.29 is 19.1 Å². The average Bonchev–Trinajstić information content (AvgIpc) is 3.08. The highest BCUT2D eigenvalue weighted by molar-refractivity contribution is 5.66. The van der Waals surface area contributed by atoms with Crippen molar-refractivity contribution in [3.63, 3.8) is 0 Å². The fraction of sp³-hybridized carbons (Fsp3) is 0.800. The smallest absolute Gasteiger partial charge is 0.302 e. The summed E-state index contributed by atoms with van der Waals surface area (Å²) >= 11 is 0. The first-order valence-corrected chi connectivity index (χ1v) is 13.5. The van der Waals surface area contributed by atoms with Gasteiger partial charge in [-0.2, -0.15) is 0 Å². The fourth-order valence-corrected chi connectivity index (χ4v) is 8.64. The van der Waals surface area contributed by atoms with E-state index in [1.807, 2.05) is 0 Å². The van der Waals surface area contributed by atoms with Gasteiger partial charge in [-0.25, -0.2) is 0 Å². The predicted molar refractivity (Wildman–Crippen MR) is 135 cm³/mol. The Morgan fingerprint density at radius 2 is 1.65 bits per heavy atom. The molecule has 190 valence electrons. The van der Waals surface area contributed by atoms with Gasteiger partial charge in [0.05, 0.1) is 0 Å². The molecule has 4 nitrogen and oxygen atoms in total. The summed E-state index contributed by atoms with van der Waals surface area (Å²) in [7, 11) is 0. The summed E-state index contributed by atoms with van der Waals surface area (Å²) < 4.78 is 11.5. The first-order chi connectivity index (χ1) is 15.8. The Labute approximate surface area is 206 Å². The largest absolute Gasteiger partial charge is 0.462 e. The maximum absolute atomic E-state index is 11.9. The van der Waals surface area contributed by atoms with Crippen LogP contribution in [0.4, 0.5) is 0 Å². The minimum atomic E-state index is -0.182. The van der Waals surface area contributed by atoms with Crippen LogP contribution in [-0.2, 0) is 19.1 Å². The number of carbonyl (C=O) groups is 2. The van der Waals surface area contributed by atoms with Crippen LogP contribution >= 0.6 is 0 Å². The van der Waals surface area contributed by atoms with Crippen LogP contribution in [0.15, 0.2) is 23.3 Å². The van der Waals surface area contributed by atoms with Crippen LogP contribution < -0.4 is 0 Å². The lowest BCUT2D eigenvalue weighted by Crippen LogP contribution is -2.51. The first kappa shape index (κ1) is 25.5. The molecule has 4 rings (SSSR count). The lowest BCUT2D eigenvalue weighted by molar-refractivity contribution is -0.155. The van der Waals surface area contributed by atoms with E-state index in [0.717, 1.165) is 32.1 Å². The van der Waals surface area contributed by atoms with Gasteiger partial charge in [0.25, 0.3) is 0 Å². The van der Waals surface area contributed by atoms with Crippen LogP contribution in [0.2, 0.25) is 0 Å². The Morgan fingerprint density at radius 3 is 2.26 bits per heavy atom. The Morgan fingerprint density at radius 1 is 0.971 bits per heavy atom. The van der Waals surface area contributed by atoms with Gasteiger partial charge in [0.1, 0.15) is 12.2 Å². The number of rotatable bonds is 4. The van der Waals surface area contributed by atoms with Gasteiger partial charge < -0.3 is 9.47 Å². The average molecular weight is 471 g/mol. The zero-order valence-corrected chi connectivity index (χ0v) is 22.7. The summed E-state index contributed by atoms with van der Waals surface area (Å²) in [5.74, 6) is 1.94. The maximum atomic E-state index is 11.9. The van der Waals surface area contributed by atoms with E-state index in [0.29, 0.717) is 17.8 Å². The molecule has 8 atom stereocenters. The van der Waals surface area contributed by atoms with Gasteiger partial charge in [0, 0.05) is 26.2 Å². The van der Waals surface area contributed by atoms with Crippen molar-refractivity contribution in [2.24, 2.45) is 39.9 Å². The number of allylic oxidation sites excluding steroid dienone is 2. The summed E-state index contributed by atoms with van der Waals surface area (Å²) in [6.45, 7) is 16.9. The molecule has 0 aromatic rings. The summed E-state index contributed by atoms with van der Waals surface area (Å²) in [6, 6.07) is 0. The van der Waals surface area contributed by atoms with Crippen molar-refractivity contribution in [2.75, 3.05) is 0 Å². The van der Waals surface area contributed by atoms with Gasteiger partial charge in [-0.3, -0.25) is 9.59 Å². The minimum absolute atomic E-state index is 0.0541. The fourth-order valence-electron chi connectivity index (χ4n) is 8.64. The van der Waals surface area contributed by atoms with E-state index < -0.39 is 0 Å². The molecule has 0 aromatic carbocycles. The second-order valence-corrected chi connectivity index (χ2v) is 13.3.